The highest BCUT2D eigenvalue weighted by Gasteiger charge is 2.27. The Morgan fingerprint density at radius 1 is 1.23 bits per heavy atom. The third-order valence-corrected chi connectivity index (χ3v) is 2.74. The smallest absolute Gasteiger partial charge is 0.0396 e. The average molecular weight is 175 g/mol. The molecule has 1 aliphatic heterocycles. The molecule has 0 spiro atoms. The predicted molar refractivity (Wildman–Crippen MR) is 57.2 cm³/mol. The fourth-order valence-corrected chi connectivity index (χ4v) is 2.33. The first-order valence-electron chi connectivity index (χ1n) is 4.88. The van der Waals surface area contributed by atoms with Crippen molar-refractivity contribution in [3.8, 4) is 0 Å². The number of para-hydroxylation sites is 1. The van der Waals surface area contributed by atoms with Crippen LogP contribution in [0.25, 0.3) is 0 Å². The second-order valence-corrected chi connectivity index (χ2v) is 4.83. The lowest BCUT2D eigenvalue weighted by molar-refractivity contribution is 0.356. The number of hydrogen-bond donors (Lipinski definition) is 0. The van der Waals surface area contributed by atoms with Crippen molar-refractivity contribution in [1.82, 2.24) is 0 Å². The molecule has 0 amide bonds. The summed E-state index contributed by atoms with van der Waals surface area (Å²) in [7, 11) is 2.18. The molecule has 0 saturated heterocycles. The Hall–Kier alpha value is -0.980. The van der Waals surface area contributed by atoms with E-state index in [1.165, 1.54) is 17.7 Å². The van der Waals surface area contributed by atoms with Crippen LogP contribution in [0.5, 0.6) is 0 Å². The summed E-state index contributed by atoms with van der Waals surface area (Å²) in [5, 5.41) is 0. The zero-order chi connectivity index (χ0) is 9.47. The van der Waals surface area contributed by atoms with E-state index in [4.69, 9.17) is 0 Å². The predicted octanol–water partition coefficient (Wildman–Crippen LogP) is 2.71. The summed E-state index contributed by atoms with van der Waals surface area (Å²) in [4.78, 5) is 2.36. The van der Waals surface area contributed by atoms with Gasteiger partial charge in [0.05, 0.1) is 0 Å². The monoisotopic (exact) mass is 175 g/mol. The normalized spacial score (nSPS) is 19.8. The maximum atomic E-state index is 2.36. The zero-order valence-electron chi connectivity index (χ0n) is 8.67. The summed E-state index contributed by atoms with van der Waals surface area (Å²) in [6, 6.07) is 8.71. The number of benzene rings is 1. The largest absolute Gasteiger partial charge is 0.374 e. The van der Waals surface area contributed by atoms with Crippen molar-refractivity contribution in [1.29, 1.82) is 0 Å². The second kappa shape index (κ2) is 2.76. The van der Waals surface area contributed by atoms with Gasteiger partial charge in [-0.25, -0.2) is 0 Å². The minimum absolute atomic E-state index is 0.420. The molecular weight excluding hydrogens is 158 g/mol. The van der Waals surface area contributed by atoms with Crippen LogP contribution in [-0.4, -0.2) is 13.6 Å². The van der Waals surface area contributed by atoms with Gasteiger partial charge in [-0.2, -0.15) is 0 Å². The molecule has 1 heteroatoms. The van der Waals surface area contributed by atoms with Crippen molar-refractivity contribution >= 4 is 5.69 Å². The molecule has 1 nitrogen and oxygen atoms in total. The molecule has 0 aromatic heterocycles. The summed E-state index contributed by atoms with van der Waals surface area (Å²) in [6.45, 7) is 5.82. The standard InChI is InChI=1S/C12H17N/c1-12(2)8-10-6-4-5-7-11(10)13(3)9-12/h4-7H,8-9H2,1-3H3. The molecule has 1 heterocycles. The van der Waals surface area contributed by atoms with Crippen LogP contribution >= 0.6 is 0 Å². The lowest BCUT2D eigenvalue weighted by Gasteiger charge is -2.38. The van der Waals surface area contributed by atoms with Crippen LogP contribution in [0.1, 0.15) is 19.4 Å². The summed E-state index contributed by atoms with van der Waals surface area (Å²) >= 11 is 0. The van der Waals surface area contributed by atoms with Crippen molar-refractivity contribution in [3.05, 3.63) is 29.8 Å². The van der Waals surface area contributed by atoms with Gasteiger partial charge in [0, 0.05) is 19.3 Å². The molecule has 0 saturated carbocycles. The number of nitrogens with zero attached hydrogens (tertiary/aromatic N) is 1. The van der Waals surface area contributed by atoms with E-state index < -0.39 is 0 Å². The van der Waals surface area contributed by atoms with Gasteiger partial charge in [0.15, 0.2) is 0 Å². The Kier molecular flexibility index (Phi) is 1.83. The van der Waals surface area contributed by atoms with E-state index in [0.717, 1.165) is 6.54 Å². The molecule has 0 atom stereocenters. The van der Waals surface area contributed by atoms with E-state index in [9.17, 15) is 0 Å². The first-order chi connectivity index (χ1) is 6.08. The van der Waals surface area contributed by atoms with E-state index in [0.29, 0.717) is 5.41 Å². The molecule has 0 aliphatic carbocycles. The quantitative estimate of drug-likeness (QED) is 0.586. The Balaban J connectivity index is 2.43. The highest BCUT2D eigenvalue weighted by Crippen LogP contribution is 2.34. The molecule has 2 rings (SSSR count). The third kappa shape index (κ3) is 1.55. The van der Waals surface area contributed by atoms with Crippen LogP contribution in [0.3, 0.4) is 0 Å². The Morgan fingerprint density at radius 2 is 1.92 bits per heavy atom. The van der Waals surface area contributed by atoms with Crippen molar-refractivity contribution in [2.24, 2.45) is 5.41 Å². The summed E-state index contributed by atoms with van der Waals surface area (Å²) < 4.78 is 0. The Labute approximate surface area is 80.4 Å². The number of fused-ring (bicyclic) bond motifs is 1. The summed E-state index contributed by atoms with van der Waals surface area (Å²) in [6.07, 6.45) is 1.20. The van der Waals surface area contributed by atoms with E-state index in [1.54, 1.807) is 0 Å². The van der Waals surface area contributed by atoms with Gasteiger partial charge in [0.2, 0.25) is 0 Å². The van der Waals surface area contributed by atoms with Gasteiger partial charge < -0.3 is 4.90 Å². The first kappa shape index (κ1) is 8.61. The fraction of sp³-hybridized carbons (Fsp3) is 0.500. The van der Waals surface area contributed by atoms with Crippen LogP contribution in [0.4, 0.5) is 5.69 Å². The van der Waals surface area contributed by atoms with Gasteiger partial charge in [-0.3, -0.25) is 0 Å². The highest BCUT2D eigenvalue weighted by molar-refractivity contribution is 5.55. The SMILES string of the molecule is CN1CC(C)(C)Cc2ccccc21. The zero-order valence-corrected chi connectivity index (χ0v) is 8.67. The summed E-state index contributed by atoms with van der Waals surface area (Å²) in [5.41, 5.74) is 3.31. The Bertz CT molecular complexity index is 315. The first-order valence-corrected chi connectivity index (χ1v) is 4.88. The molecule has 0 bridgehead atoms. The molecule has 70 valence electrons. The van der Waals surface area contributed by atoms with Crippen LogP contribution in [0, 0.1) is 5.41 Å². The van der Waals surface area contributed by atoms with Crippen molar-refractivity contribution in [2.75, 3.05) is 18.5 Å². The second-order valence-electron chi connectivity index (χ2n) is 4.83. The average Bonchev–Trinajstić information content (AvgIpc) is 2.02. The molecule has 1 aromatic rings. The van der Waals surface area contributed by atoms with Crippen molar-refractivity contribution in [3.63, 3.8) is 0 Å². The number of hydrogen-bond acceptors (Lipinski definition) is 1. The van der Waals surface area contributed by atoms with E-state index >= 15 is 0 Å². The fourth-order valence-electron chi connectivity index (χ4n) is 2.33. The van der Waals surface area contributed by atoms with Gasteiger partial charge >= 0.3 is 0 Å². The van der Waals surface area contributed by atoms with E-state index in [1.807, 2.05) is 0 Å². The number of anilines is 1. The maximum Gasteiger partial charge on any atom is 0.0396 e. The minimum Gasteiger partial charge on any atom is -0.374 e. The van der Waals surface area contributed by atoms with Gasteiger partial charge in [-0.15, -0.1) is 0 Å². The minimum atomic E-state index is 0.420. The van der Waals surface area contributed by atoms with Gasteiger partial charge in [0.1, 0.15) is 0 Å². The van der Waals surface area contributed by atoms with E-state index in [-0.39, 0.29) is 0 Å². The highest BCUT2D eigenvalue weighted by atomic mass is 15.1. The topological polar surface area (TPSA) is 3.24 Å². The molecular formula is C12H17N. The van der Waals surface area contributed by atoms with E-state index in [2.05, 4.69) is 50.1 Å². The molecule has 0 fully saturated rings. The molecule has 0 radical (unpaired) electrons. The molecule has 0 unspecified atom stereocenters. The van der Waals surface area contributed by atoms with Crippen molar-refractivity contribution < 1.29 is 0 Å². The van der Waals surface area contributed by atoms with Crippen LogP contribution in [0.15, 0.2) is 24.3 Å². The Morgan fingerprint density at radius 3 is 2.69 bits per heavy atom. The lowest BCUT2D eigenvalue weighted by Crippen LogP contribution is -2.37. The molecule has 13 heavy (non-hydrogen) atoms. The lowest BCUT2D eigenvalue weighted by atomic mass is 9.81. The van der Waals surface area contributed by atoms with Crippen LogP contribution in [0.2, 0.25) is 0 Å². The number of rotatable bonds is 0. The molecule has 1 aromatic carbocycles. The van der Waals surface area contributed by atoms with Crippen LogP contribution < -0.4 is 4.90 Å². The van der Waals surface area contributed by atoms with Gasteiger partial charge in [-0.1, -0.05) is 32.0 Å². The molecule has 0 N–H and O–H groups in total. The molecule has 1 aliphatic rings. The van der Waals surface area contributed by atoms with Crippen molar-refractivity contribution in [2.45, 2.75) is 20.3 Å². The maximum absolute atomic E-state index is 2.36. The van der Waals surface area contributed by atoms with Gasteiger partial charge in [0.25, 0.3) is 0 Å². The van der Waals surface area contributed by atoms with Gasteiger partial charge in [-0.05, 0) is 23.5 Å². The third-order valence-electron chi connectivity index (χ3n) is 2.74. The van der Waals surface area contributed by atoms with Crippen LogP contribution in [-0.2, 0) is 6.42 Å². The summed E-state index contributed by atoms with van der Waals surface area (Å²) in [5.74, 6) is 0.